The minimum Gasteiger partial charge on any atom is -0.291 e. The minimum absolute atomic E-state index is 0.842. The van der Waals surface area contributed by atoms with Crippen molar-refractivity contribution >= 4 is 16.7 Å². The number of nitrogens with zero attached hydrogens (tertiary/aromatic N) is 4. The molecule has 0 unspecified atom stereocenters. The third-order valence-electron chi connectivity index (χ3n) is 4.70. The van der Waals surface area contributed by atoms with Crippen LogP contribution in [-0.4, -0.2) is 19.5 Å². The van der Waals surface area contributed by atoms with Gasteiger partial charge in [0.15, 0.2) is 5.82 Å². The van der Waals surface area contributed by atoms with Crippen LogP contribution in [0.2, 0.25) is 0 Å². The molecule has 4 aromatic rings. The van der Waals surface area contributed by atoms with Crippen LogP contribution in [0.1, 0.15) is 12.8 Å². The summed E-state index contributed by atoms with van der Waals surface area (Å²) in [5.74, 6) is 0.854. The number of pyridine rings is 2. The summed E-state index contributed by atoms with van der Waals surface area (Å²) in [6.07, 6.45) is 10.6. The fraction of sp³-hybridized carbons (Fsp3) is 0.0870. The molecule has 0 saturated carbocycles. The molecule has 0 bridgehead atoms. The van der Waals surface area contributed by atoms with Crippen molar-refractivity contribution in [2.45, 2.75) is 12.8 Å². The summed E-state index contributed by atoms with van der Waals surface area (Å²) in [5.41, 5.74) is 5.76. The average molecular weight is 350 g/mol. The maximum atomic E-state index is 4.90. The summed E-state index contributed by atoms with van der Waals surface area (Å²) < 4.78 is 2.20. The van der Waals surface area contributed by atoms with Gasteiger partial charge in [0, 0.05) is 11.9 Å². The van der Waals surface area contributed by atoms with Crippen molar-refractivity contribution in [1.82, 2.24) is 19.5 Å². The lowest BCUT2D eigenvalue weighted by Gasteiger charge is -2.13. The molecule has 3 heterocycles. The molecule has 0 saturated heterocycles. The maximum absolute atomic E-state index is 4.90. The molecule has 3 aromatic heterocycles. The predicted octanol–water partition coefficient (Wildman–Crippen LogP) is 5.35. The Hall–Kier alpha value is -3.53. The summed E-state index contributed by atoms with van der Waals surface area (Å²) in [4.78, 5) is 14.2. The summed E-state index contributed by atoms with van der Waals surface area (Å²) in [7, 11) is 0. The van der Waals surface area contributed by atoms with Crippen molar-refractivity contribution < 1.29 is 0 Å². The highest BCUT2D eigenvalue weighted by Crippen LogP contribution is 2.30. The highest BCUT2D eigenvalue weighted by molar-refractivity contribution is 5.86. The minimum atomic E-state index is 0.842. The van der Waals surface area contributed by atoms with Gasteiger partial charge in [0.05, 0.1) is 22.4 Å². The Morgan fingerprint density at radius 1 is 0.741 bits per heavy atom. The molecule has 0 spiro atoms. The van der Waals surface area contributed by atoms with Crippen LogP contribution in [0.4, 0.5) is 0 Å². The third kappa shape index (κ3) is 2.85. The summed E-state index contributed by atoms with van der Waals surface area (Å²) in [6, 6.07) is 20.1. The van der Waals surface area contributed by atoms with Crippen LogP contribution in [0.5, 0.6) is 0 Å². The Bertz CT molecular complexity index is 1170. The van der Waals surface area contributed by atoms with Gasteiger partial charge in [0.1, 0.15) is 5.69 Å². The molecule has 4 heteroatoms. The second-order valence-corrected chi connectivity index (χ2v) is 6.49. The van der Waals surface area contributed by atoms with Gasteiger partial charge in [0.25, 0.3) is 0 Å². The molecule has 0 amide bonds. The molecule has 27 heavy (non-hydrogen) atoms. The van der Waals surface area contributed by atoms with Gasteiger partial charge >= 0.3 is 0 Å². The zero-order valence-corrected chi connectivity index (χ0v) is 14.8. The van der Waals surface area contributed by atoms with E-state index in [1.807, 2.05) is 48.5 Å². The van der Waals surface area contributed by atoms with Crippen LogP contribution in [0.25, 0.3) is 39.6 Å². The van der Waals surface area contributed by atoms with Crippen LogP contribution >= 0.6 is 0 Å². The number of hydrogen-bond donors (Lipinski definition) is 0. The molecule has 0 radical (unpaired) electrons. The molecule has 0 atom stereocenters. The zero-order chi connectivity index (χ0) is 18.1. The normalized spacial score (nSPS) is 13.7. The van der Waals surface area contributed by atoms with E-state index in [0.717, 1.165) is 52.5 Å². The highest BCUT2D eigenvalue weighted by Gasteiger charge is 2.17. The van der Waals surface area contributed by atoms with E-state index in [1.165, 1.54) is 0 Å². The van der Waals surface area contributed by atoms with Gasteiger partial charge in [-0.25, -0.2) is 9.97 Å². The van der Waals surface area contributed by atoms with Crippen LogP contribution in [0, 0.1) is 0 Å². The predicted molar refractivity (Wildman–Crippen MR) is 109 cm³/mol. The number of imidazole rings is 1. The number of benzene rings is 1. The fourth-order valence-corrected chi connectivity index (χ4v) is 3.44. The lowest BCUT2D eigenvalue weighted by atomic mass is 10.1. The van der Waals surface area contributed by atoms with Crippen molar-refractivity contribution in [2.75, 3.05) is 0 Å². The van der Waals surface area contributed by atoms with Gasteiger partial charge in [-0.15, -0.1) is 0 Å². The van der Waals surface area contributed by atoms with Crippen molar-refractivity contribution in [2.24, 2.45) is 0 Å². The smallest absolute Gasteiger partial charge is 0.164 e. The molecule has 0 fully saturated rings. The van der Waals surface area contributed by atoms with E-state index >= 15 is 0 Å². The number of allylic oxidation sites excluding steroid dienone is 4. The van der Waals surface area contributed by atoms with E-state index in [4.69, 9.17) is 9.97 Å². The molecule has 5 rings (SSSR count). The fourth-order valence-electron chi connectivity index (χ4n) is 3.44. The van der Waals surface area contributed by atoms with Crippen LogP contribution in [-0.2, 0) is 0 Å². The first-order chi connectivity index (χ1) is 13.4. The largest absolute Gasteiger partial charge is 0.291 e. The molecule has 0 N–H and O–H groups in total. The Balaban J connectivity index is 1.72. The quantitative estimate of drug-likeness (QED) is 0.500. The number of fused-ring (bicyclic) bond motifs is 1. The van der Waals surface area contributed by atoms with Gasteiger partial charge < -0.3 is 0 Å². The first-order valence-corrected chi connectivity index (χ1v) is 9.13. The SMILES string of the molecule is C1=CC(n2c(-c3cccc(-c4ccccn4)n3)nc3ccccc32)=CCC1. The maximum Gasteiger partial charge on any atom is 0.164 e. The molecular formula is C23H18N4. The molecule has 0 aliphatic heterocycles. The Morgan fingerprint density at radius 3 is 2.44 bits per heavy atom. The second-order valence-electron chi connectivity index (χ2n) is 6.49. The summed E-state index contributed by atoms with van der Waals surface area (Å²) >= 11 is 0. The molecule has 1 aliphatic rings. The van der Waals surface area contributed by atoms with E-state index in [0.29, 0.717) is 0 Å². The van der Waals surface area contributed by atoms with Gasteiger partial charge in [-0.3, -0.25) is 9.55 Å². The van der Waals surface area contributed by atoms with E-state index in [-0.39, 0.29) is 0 Å². The monoisotopic (exact) mass is 350 g/mol. The zero-order valence-electron chi connectivity index (χ0n) is 14.8. The molecule has 130 valence electrons. The van der Waals surface area contributed by atoms with E-state index in [1.54, 1.807) is 6.20 Å². The Labute approximate surface area is 157 Å². The van der Waals surface area contributed by atoms with Gasteiger partial charge in [0.2, 0.25) is 0 Å². The first-order valence-electron chi connectivity index (χ1n) is 9.13. The van der Waals surface area contributed by atoms with Gasteiger partial charge in [-0.1, -0.05) is 36.4 Å². The highest BCUT2D eigenvalue weighted by atomic mass is 15.1. The first kappa shape index (κ1) is 15.7. The van der Waals surface area contributed by atoms with Crippen LogP contribution in [0.3, 0.4) is 0 Å². The van der Waals surface area contributed by atoms with E-state index in [9.17, 15) is 0 Å². The molecule has 4 nitrogen and oxygen atoms in total. The Kier molecular flexibility index (Phi) is 3.87. The van der Waals surface area contributed by atoms with Crippen LogP contribution in [0.15, 0.2) is 85.1 Å². The Morgan fingerprint density at radius 2 is 1.59 bits per heavy atom. The van der Waals surface area contributed by atoms with Crippen molar-refractivity contribution in [3.8, 4) is 22.9 Å². The summed E-state index contributed by atoms with van der Waals surface area (Å²) in [5, 5.41) is 0. The number of para-hydroxylation sites is 2. The van der Waals surface area contributed by atoms with Crippen molar-refractivity contribution in [1.29, 1.82) is 0 Å². The topological polar surface area (TPSA) is 43.6 Å². The third-order valence-corrected chi connectivity index (χ3v) is 4.70. The van der Waals surface area contributed by atoms with Crippen molar-refractivity contribution in [3.05, 3.63) is 85.1 Å². The summed E-state index contributed by atoms with van der Waals surface area (Å²) in [6.45, 7) is 0. The lowest BCUT2D eigenvalue weighted by molar-refractivity contribution is 1.01. The van der Waals surface area contributed by atoms with E-state index in [2.05, 4.69) is 39.9 Å². The van der Waals surface area contributed by atoms with Crippen LogP contribution < -0.4 is 0 Å². The standard InChI is InChI=1S/C23H18N4/c1-2-9-17(10-3-1)27-22-15-5-4-12-20(22)26-23(27)21-14-8-13-19(25-21)18-11-6-7-16-24-18/h2,4-16H,1,3H2. The number of rotatable bonds is 3. The molecule has 1 aromatic carbocycles. The second kappa shape index (κ2) is 6.65. The van der Waals surface area contributed by atoms with Gasteiger partial charge in [-0.2, -0.15) is 0 Å². The van der Waals surface area contributed by atoms with Crippen molar-refractivity contribution in [3.63, 3.8) is 0 Å². The average Bonchev–Trinajstić information content (AvgIpc) is 3.15. The number of hydrogen-bond acceptors (Lipinski definition) is 3. The van der Waals surface area contributed by atoms with E-state index < -0.39 is 0 Å². The molecular weight excluding hydrogens is 332 g/mol. The lowest BCUT2D eigenvalue weighted by Crippen LogP contribution is -2.01. The molecule has 1 aliphatic carbocycles. The number of aromatic nitrogens is 4. The van der Waals surface area contributed by atoms with Gasteiger partial charge in [-0.05, 0) is 55.3 Å².